The summed E-state index contributed by atoms with van der Waals surface area (Å²) in [6.45, 7) is 1.88. The van der Waals surface area contributed by atoms with Crippen LogP contribution in [0.2, 0.25) is 0 Å². The molecule has 0 spiro atoms. The van der Waals surface area contributed by atoms with Crippen LogP contribution in [0.4, 0.5) is 15.8 Å². The number of nitriles is 1. The number of aromatic hydroxyl groups is 1. The van der Waals surface area contributed by atoms with Crippen molar-refractivity contribution in [3.8, 4) is 74.5 Å². The topological polar surface area (TPSA) is 132 Å². The monoisotopic (exact) mass is 635 g/mol. The number of methoxy groups -OCH3 is 2. The fourth-order valence-corrected chi connectivity index (χ4v) is 5.25. The van der Waals surface area contributed by atoms with Crippen molar-refractivity contribution in [3.63, 3.8) is 0 Å². The van der Waals surface area contributed by atoms with Crippen LogP contribution in [0.25, 0.3) is 49.7 Å². The average molecular weight is 636 g/mol. The standard InChI is InChI=1S/C38H27FN6O3/c1-22-15-28(20-43-36(22)35-18-30(24-9-13-27(41)14-10-24)32(19-40)37(45-35)47-2)42-21-33-31(23-7-11-26(39)12-8-23)17-34(44-38(33)48-3)25-5-4-6-29(46)16-25/h4-18,20H,1-3H3,(H2-,41,45,46)/p+1. The first kappa shape index (κ1) is 31.2. The van der Waals surface area contributed by atoms with E-state index in [0.29, 0.717) is 61.8 Å². The van der Waals surface area contributed by atoms with Crippen molar-refractivity contribution in [3.05, 3.63) is 125 Å². The number of aryl methyl sites for hydroxylation is 1. The fourth-order valence-electron chi connectivity index (χ4n) is 5.25. The van der Waals surface area contributed by atoms with Crippen molar-refractivity contribution >= 4 is 11.4 Å². The quantitative estimate of drug-likeness (QED) is 0.175. The van der Waals surface area contributed by atoms with Gasteiger partial charge in [0.2, 0.25) is 11.8 Å². The zero-order valence-electron chi connectivity index (χ0n) is 26.2. The lowest BCUT2D eigenvalue weighted by Gasteiger charge is -2.12. The van der Waals surface area contributed by atoms with Gasteiger partial charge in [-0.15, -0.1) is 0 Å². The zero-order chi connectivity index (χ0) is 33.8. The molecule has 0 saturated heterocycles. The number of pyridine rings is 3. The van der Waals surface area contributed by atoms with Gasteiger partial charge in [-0.3, -0.25) is 0 Å². The molecule has 3 heterocycles. The number of hydrogen-bond donors (Lipinski definition) is 2. The highest BCUT2D eigenvalue weighted by atomic mass is 19.1. The van der Waals surface area contributed by atoms with Gasteiger partial charge in [-0.05, 0) is 77.0 Å². The molecule has 0 radical (unpaired) electrons. The fraction of sp³-hybridized carbons (Fsp3) is 0.0789. The average Bonchev–Trinajstić information content (AvgIpc) is 3.10. The molecule has 0 saturated carbocycles. The number of nitrogens with zero attached hydrogens (tertiary/aromatic N) is 5. The number of phenolic OH excluding ortho intramolecular Hbond substituents is 1. The van der Waals surface area contributed by atoms with Crippen molar-refractivity contribution < 1.29 is 19.0 Å². The minimum absolute atomic E-state index is 0.0937. The van der Waals surface area contributed by atoms with Gasteiger partial charge in [-0.2, -0.15) is 5.26 Å². The summed E-state index contributed by atoms with van der Waals surface area (Å²) in [4.78, 5) is 18.5. The molecule has 0 aliphatic rings. The third-order valence-corrected chi connectivity index (χ3v) is 7.59. The van der Waals surface area contributed by atoms with E-state index in [1.165, 1.54) is 26.4 Å². The Balaban J connectivity index is 1.43. The molecule has 6 rings (SSSR count). The summed E-state index contributed by atoms with van der Waals surface area (Å²) in [5, 5.41) is 20.0. The van der Waals surface area contributed by atoms with Crippen molar-refractivity contribution in [1.29, 1.82) is 5.26 Å². The van der Waals surface area contributed by atoms with Crippen molar-refractivity contribution in [2.75, 3.05) is 20.0 Å². The molecule has 0 atom stereocenters. The van der Waals surface area contributed by atoms with Gasteiger partial charge in [-0.1, -0.05) is 36.4 Å². The number of anilines is 1. The molecule has 0 unspecified atom stereocenters. The van der Waals surface area contributed by atoms with Crippen molar-refractivity contribution in [2.24, 2.45) is 0 Å². The van der Waals surface area contributed by atoms with Gasteiger partial charge in [0.05, 0.1) is 31.3 Å². The van der Waals surface area contributed by atoms with Crippen LogP contribution in [0.3, 0.4) is 0 Å². The van der Waals surface area contributed by atoms with Gasteiger partial charge in [0.25, 0.3) is 0 Å². The Morgan fingerprint density at radius 3 is 2.06 bits per heavy atom. The highest BCUT2D eigenvalue weighted by Gasteiger charge is 2.21. The summed E-state index contributed by atoms with van der Waals surface area (Å²) >= 11 is 0. The van der Waals surface area contributed by atoms with Crippen LogP contribution in [0, 0.1) is 30.1 Å². The van der Waals surface area contributed by atoms with E-state index in [4.69, 9.17) is 15.2 Å². The summed E-state index contributed by atoms with van der Waals surface area (Å²) < 4.78 is 25.0. The summed E-state index contributed by atoms with van der Waals surface area (Å²) in [6, 6.07) is 30.7. The molecular weight excluding hydrogens is 607 g/mol. The van der Waals surface area contributed by atoms with E-state index in [1.54, 1.807) is 54.7 Å². The van der Waals surface area contributed by atoms with Crippen molar-refractivity contribution in [1.82, 2.24) is 15.0 Å². The Morgan fingerprint density at radius 1 is 0.792 bits per heavy atom. The molecule has 3 N–H and O–H groups in total. The highest BCUT2D eigenvalue weighted by Crippen LogP contribution is 2.36. The van der Waals surface area contributed by atoms with Crippen LogP contribution in [-0.2, 0) is 0 Å². The van der Waals surface area contributed by atoms with Crippen LogP contribution >= 0.6 is 0 Å². The predicted octanol–water partition coefficient (Wildman–Crippen LogP) is 8.18. The first-order valence-corrected chi connectivity index (χ1v) is 14.7. The summed E-state index contributed by atoms with van der Waals surface area (Å²) in [7, 11) is 2.96. The molecule has 48 heavy (non-hydrogen) atoms. The first-order valence-electron chi connectivity index (χ1n) is 14.7. The van der Waals surface area contributed by atoms with E-state index in [-0.39, 0.29) is 23.3 Å². The number of nitrogen functional groups attached to an aromatic ring is 1. The number of hydrogen-bond acceptors (Lipinski definition) is 8. The number of aromatic nitrogens is 3. The van der Waals surface area contributed by atoms with E-state index in [9.17, 15) is 14.8 Å². The Morgan fingerprint density at radius 2 is 1.42 bits per heavy atom. The number of phenols is 1. The lowest BCUT2D eigenvalue weighted by molar-refractivity contribution is 0.397. The number of rotatable bonds is 6. The molecule has 3 aromatic carbocycles. The van der Waals surface area contributed by atoms with Crippen LogP contribution in [0.5, 0.6) is 17.5 Å². The molecule has 0 fully saturated rings. The normalized spacial score (nSPS) is 10.5. The molecular formula is C38H28FN6O3+. The summed E-state index contributed by atoms with van der Waals surface area (Å²) in [5.74, 6) is 0.143. The van der Waals surface area contributed by atoms with Crippen LogP contribution < -0.4 is 15.2 Å². The first-order chi connectivity index (χ1) is 23.3. The van der Waals surface area contributed by atoms with Gasteiger partial charge >= 0.3 is 11.8 Å². The number of ether oxygens (including phenoxy) is 2. The maximum Gasteiger partial charge on any atom is 0.359 e. The second kappa shape index (κ2) is 13.3. The number of benzene rings is 3. The van der Waals surface area contributed by atoms with E-state index < -0.39 is 0 Å². The minimum Gasteiger partial charge on any atom is -0.508 e. The lowest BCUT2D eigenvalue weighted by atomic mass is 9.98. The third-order valence-electron chi connectivity index (χ3n) is 7.59. The van der Waals surface area contributed by atoms with Crippen LogP contribution in [-0.4, -0.2) is 34.3 Å². The summed E-state index contributed by atoms with van der Waals surface area (Å²) in [5.41, 5.74) is 13.6. The summed E-state index contributed by atoms with van der Waals surface area (Å²) in [6.07, 6.45) is 1.59. The van der Waals surface area contributed by atoms with Gasteiger partial charge in [0, 0.05) is 28.4 Å². The van der Waals surface area contributed by atoms with Crippen molar-refractivity contribution in [2.45, 2.75) is 6.92 Å². The van der Waals surface area contributed by atoms with E-state index >= 15 is 0 Å². The highest BCUT2D eigenvalue weighted by molar-refractivity contribution is 5.80. The Labute approximate surface area is 276 Å². The molecule has 3 aromatic heterocycles. The lowest BCUT2D eigenvalue weighted by Crippen LogP contribution is -1.99. The van der Waals surface area contributed by atoms with Crippen LogP contribution in [0.15, 0.2) is 97.2 Å². The molecule has 0 aliphatic carbocycles. The minimum atomic E-state index is -0.372. The van der Waals surface area contributed by atoms with Gasteiger partial charge < -0.3 is 20.3 Å². The largest absolute Gasteiger partial charge is 0.508 e. The predicted molar refractivity (Wildman–Crippen MR) is 183 cm³/mol. The van der Waals surface area contributed by atoms with Gasteiger partial charge in [-0.25, -0.2) is 19.3 Å². The number of halogens is 1. The molecule has 0 aliphatic heterocycles. The second-order valence-corrected chi connectivity index (χ2v) is 10.8. The van der Waals surface area contributed by atoms with E-state index in [2.05, 4.69) is 31.9 Å². The maximum absolute atomic E-state index is 13.9. The molecule has 9 nitrogen and oxygen atoms in total. The smallest absolute Gasteiger partial charge is 0.359 e. The number of nitrogens with two attached hydrogens (primary N) is 1. The Hall–Kier alpha value is -6.78. The molecule has 234 valence electrons. The molecule has 0 bridgehead atoms. The second-order valence-electron chi connectivity index (χ2n) is 10.8. The van der Waals surface area contributed by atoms with Gasteiger partial charge in [0.1, 0.15) is 29.4 Å². The molecule has 0 amide bonds. The zero-order valence-corrected chi connectivity index (χ0v) is 26.2. The Bertz CT molecular complexity index is 2270. The van der Waals surface area contributed by atoms with Crippen LogP contribution in [0.1, 0.15) is 16.7 Å². The van der Waals surface area contributed by atoms with Gasteiger partial charge in [0.15, 0.2) is 5.56 Å². The molecule has 10 heteroatoms. The Kier molecular flexibility index (Phi) is 8.64. The SMILES string of the molecule is COc1nc(-c2cccc(O)c2)cc(-c2ccc(F)cc2)c1C#[N+]c1cnc(-c2cc(-c3ccc(N)cc3)c(C#N)c(OC)n2)c(C)c1. The third kappa shape index (κ3) is 6.32. The molecule has 6 aromatic rings. The van der Waals surface area contributed by atoms with E-state index in [0.717, 1.165) is 11.1 Å². The van der Waals surface area contributed by atoms with E-state index in [1.807, 2.05) is 37.3 Å². The maximum atomic E-state index is 13.9.